The molecule has 0 unspecified atom stereocenters. The Kier molecular flexibility index (Phi) is 5.97. The van der Waals surface area contributed by atoms with Crippen molar-refractivity contribution in [3.63, 3.8) is 0 Å². The SMILES string of the molecule is CC[C@@]1(CCC(=O)NCC2(c3ccccc3)CCOCC2)CCC(=O)N1. The van der Waals surface area contributed by atoms with Crippen molar-refractivity contribution < 1.29 is 14.3 Å². The maximum atomic E-state index is 12.5. The summed E-state index contributed by atoms with van der Waals surface area (Å²) in [4.78, 5) is 24.1. The van der Waals surface area contributed by atoms with E-state index in [1.165, 1.54) is 5.56 Å². The van der Waals surface area contributed by atoms with E-state index in [4.69, 9.17) is 4.74 Å². The molecule has 1 aromatic carbocycles. The van der Waals surface area contributed by atoms with Gasteiger partial charge in [0.1, 0.15) is 0 Å². The van der Waals surface area contributed by atoms with Crippen LogP contribution in [0.15, 0.2) is 30.3 Å². The maximum Gasteiger partial charge on any atom is 0.220 e. The summed E-state index contributed by atoms with van der Waals surface area (Å²) in [5.74, 6) is 0.179. The van der Waals surface area contributed by atoms with Gasteiger partial charge >= 0.3 is 0 Å². The van der Waals surface area contributed by atoms with Crippen molar-refractivity contribution in [2.24, 2.45) is 0 Å². The van der Waals surface area contributed by atoms with E-state index >= 15 is 0 Å². The van der Waals surface area contributed by atoms with E-state index in [1.54, 1.807) is 0 Å². The fourth-order valence-electron chi connectivity index (χ4n) is 4.23. The molecule has 2 N–H and O–H groups in total. The highest BCUT2D eigenvalue weighted by Gasteiger charge is 2.37. The highest BCUT2D eigenvalue weighted by Crippen LogP contribution is 2.34. The Hall–Kier alpha value is -1.88. The third-order valence-electron chi connectivity index (χ3n) is 6.20. The van der Waals surface area contributed by atoms with Crippen LogP contribution in [0.3, 0.4) is 0 Å². The number of hydrogen-bond acceptors (Lipinski definition) is 3. The van der Waals surface area contributed by atoms with Gasteiger partial charge in [-0.25, -0.2) is 0 Å². The fourth-order valence-corrected chi connectivity index (χ4v) is 4.23. The van der Waals surface area contributed by atoms with E-state index in [0.29, 0.717) is 25.8 Å². The number of ether oxygens (including phenoxy) is 1. The van der Waals surface area contributed by atoms with Gasteiger partial charge in [0.15, 0.2) is 0 Å². The molecule has 1 aromatic rings. The summed E-state index contributed by atoms with van der Waals surface area (Å²) in [5, 5.41) is 6.24. The molecule has 2 aliphatic rings. The smallest absolute Gasteiger partial charge is 0.220 e. The molecule has 0 saturated carbocycles. The van der Waals surface area contributed by atoms with Crippen molar-refractivity contribution >= 4 is 11.8 Å². The van der Waals surface area contributed by atoms with Crippen LogP contribution in [-0.4, -0.2) is 37.1 Å². The topological polar surface area (TPSA) is 67.4 Å². The Labute approximate surface area is 155 Å². The molecule has 0 aliphatic carbocycles. The van der Waals surface area contributed by atoms with Crippen LogP contribution in [0, 0.1) is 0 Å². The van der Waals surface area contributed by atoms with Gasteiger partial charge in [-0.05, 0) is 37.7 Å². The van der Waals surface area contributed by atoms with E-state index < -0.39 is 0 Å². The lowest BCUT2D eigenvalue weighted by Gasteiger charge is -2.38. The molecule has 0 aromatic heterocycles. The zero-order valence-corrected chi connectivity index (χ0v) is 15.7. The van der Waals surface area contributed by atoms with Crippen LogP contribution in [0.1, 0.15) is 57.4 Å². The number of rotatable bonds is 7. The molecule has 3 rings (SSSR count). The van der Waals surface area contributed by atoms with Gasteiger partial charge in [0.05, 0.1) is 0 Å². The molecule has 2 heterocycles. The molecular weight excluding hydrogens is 328 g/mol. The molecule has 2 fully saturated rings. The van der Waals surface area contributed by atoms with Crippen LogP contribution >= 0.6 is 0 Å². The number of benzene rings is 1. The van der Waals surface area contributed by atoms with Crippen LogP contribution < -0.4 is 10.6 Å². The van der Waals surface area contributed by atoms with E-state index in [-0.39, 0.29) is 22.8 Å². The first-order valence-electron chi connectivity index (χ1n) is 9.79. The van der Waals surface area contributed by atoms with Crippen LogP contribution in [0.2, 0.25) is 0 Å². The second-order valence-corrected chi connectivity index (χ2v) is 7.72. The summed E-state index contributed by atoms with van der Waals surface area (Å²) >= 11 is 0. The number of carbonyl (C=O) groups excluding carboxylic acids is 2. The molecule has 142 valence electrons. The van der Waals surface area contributed by atoms with Gasteiger partial charge in [-0.1, -0.05) is 37.3 Å². The Bertz CT molecular complexity index is 625. The average Bonchev–Trinajstić information content (AvgIpc) is 3.08. The maximum absolute atomic E-state index is 12.5. The molecule has 2 aliphatic heterocycles. The molecule has 0 radical (unpaired) electrons. The van der Waals surface area contributed by atoms with E-state index in [9.17, 15) is 9.59 Å². The van der Waals surface area contributed by atoms with E-state index in [0.717, 1.165) is 38.9 Å². The molecule has 0 bridgehead atoms. The lowest BCUT2D eigenvalue weighted by molar-refractivity contribution is -0.123. The van der Waals surface area contributed by atoms with Gasteiger partial charge < -0.3 is 15.4 Å². The van der Waals surface area contributed by atoms with Crippen molar-refractivity contribution in [3.8, 4) is 0 Å². The molecule has 0 spiro atoms. The second-order valence-electron chi connectivity index (χ2n) is 7.72. The zero-order valence-electron chi connectivity index (χ0n) is 15.7. The Morgan fingerprint density at radius 2 is 1.92 bits per heavy atom. The minimum atomic E-state index is -0.190. The summed E-state index contributed by atoms with van der Waals surface area (Å²) < 4.78 is 5.55. The summed E-state index contributed by atoms with van der Waals surface area (Å²) in [6.07, 6.45) is 5.29. The van der Waals surface area contributed by atoms with E-state index in [1.807, 2.05) is 6.07 Å². The Balaban J connectivity index is 1.57. The van der Waals surface area contributed by atoms with Crippen LogP contribution in [0.25, 0.3) is 0 Å². The van der Waals surface area contributed by atoms with E-state index in [2.05, 4.69) is 41.8 Å². The number of amides is 2. The number of hydrogen-bond donors (Lipinski definition) is 2. The predicted molar refractivity (Wildman–Crippen MR) is 101 cm³/mol. The van der Waals surface area contributed by atoms with Crippen molar-refractivity contribution in [2.45, 2.75) is 62.8 Å². The lowest BCUT2D eigenvalue weighted by Crippen LogP contribution is -2.46. The van der Waals surface area contributed by atoms with Gasteiger partial charge in [0.2, 0.25) is 11.8 Å². The first-order chi connectivity index (χ1) is 12.6. The quantitative estimate of drug-likeness (QED) is 0.787. The largest absolute Gasteiger partial charge is 0.381 e. The molecule has 26 heavy (non-hydrogen) atoms. The van der Waals surface area contributed by atoms with Crippen molar-refractivity contribution in [1.82, 2.24) is 10.6 Å². The normalized spacial score (nSPS) is 24.9. The number of nitrogens with one attached hydrogen (secondary N) is 2. The Morgan fingerprint density at radius 1 is 1.19 bits per heavy atom. The van der Waals surface area contributed by atoms with Crippen molar-refractivity contribution in [1.29, 1.82) is 0 Å². The fraction of sp³-hybridized carbons (Fsp3) is 0.619. The molecule has 2 amide bonds. The molecule has 5 nitrogen and oxygen atoms in total. The predicted octanol–water partition coefficient (Wildman–Crippen LogP) is 2.69. The first-order valence-corrected chi connectivity index (χ1v) is 9.79. The minimum absolute atomic E-state index is 0.0425. The lowest BCUT2D eigenvalue weighted by atomic mass is 9.74. The summed E-state index contributed by atoms with van der Waals surface area (Å²) in [6.45, 7) is 4.19. The van der Waals surface area contributed by atoms with Crippen LogP contribution in [-0.2, 0) is 19.7 Å². The number of carbonyl (C=O) groups is 2. The third kappa shape index (κ3) is 4.26. The zero-order chi connectivity index (χ0) is 18.5. The van der Waals surface area contributed by atoms with Crippen LogP contribution in [0.5, 0.6) is 0 Å². The van der Waals surface area contributed by atoms with Gasteiger partial charge in [-0.15, -0.1) is 0 Å². The highest BCUT2D eigenvalue weighted by atomic mass is 16.5. The van der Waals surface area contributed by atoms with Gasteiger partial charge in [-0.2, -0.15) is 0 Å². The third-order valence-corrected chi connectivity index (χ3v) is 6.20. The first kappa shape index (κ1) is 18.9. The van der Waals surface area contributed by atoms with Gasteiger partial charge in [0.25, 0.3) is 0 Å². The second kappa shape index (κ2) is 8.21. The van der Waals surface area contributed by atoms with Crippen molar-refractivity contribution in [3.05, 3.63) is 35.9 Å². The van der Waals surface area contributed by atoms with Gasteiger partial charge in [-0.3, -0.25) is 9.59 Å². The monoisotopic (exact) mass is 358 g/mol. The molecular formula is C21H30N2O3. The van der Waals surface area contributed by atoms with Gasteiger partial charge in [0, 0.05) is 43.6 Å². The van der Waals surface area contributed by atoms with Crippen molar-refractivity contribution in [2.75, 3.05) is 19.8 Å². The Morgan fingerprint density at radius 3 is 2.54 bits per heavy atom. The minimum Gasteiger partial charge on any atom is -0.381 e. The average molecular weight is 358 g/mol. The summed E-state index contributed by atoms with van der Waals surface area (Å²) in [5.41, 5.74) is 1.04. The molecule has 1 atom stereocenters. The summed E-state index contributed by atoms with van der Waals surface area (Å²) in [6, 6.07) is 10.4. The highest BCUT2D eigenvalue weighted by molar-refractivity contribution is 5.80. The molecule has 2 saturated heterocycles. The molecule has 5 heteroatoms. The standard InChI is InChI=1S/C21H30N2O3/c1-2-21(11-9-19(25)23-21)10-8-18(24)22-16-20(12-14-26-15-13-20)17-6-4-3-5-7-17/h3-7H,2,8-16H2,1H3,(H,22,24)(H,23,25)/t21-/m1/s1. The summed E-state index contributed by atoms with van der Waals surface area (Å²) in [7, 11) is 0. The van der Waals surface area contributed by atoms with Crippen LogP contribution in [0.4, 0.5) is 0 Å².